The smallest absolute Gasteiger partial charge is 0.335 e. The molecule has 0 unspecified atom stereocenters. The zero-order chi connectivity index (χ0) is 13.5. The molecule has 18 heavy (non-hydrogen) atoms. The van der Waals surface area contributed by atoms with Gasteiger partial charge in [-0.15, -0.1) is 0 Å². The van der Waals surface area contributed by atoms with E-state index in [0.717, 1.165) is 6.07 Å². The van der Waals surface area contributed by atoms with E-state index >= 15 is 0 Å². The van der Waals surface area contributed by atoms with E-state index in [9.17, 15) is 9.18 Å². The van der Waals surface area contributed by atoms with Crippen LogP contribution in [-0.4, -0.2) is 19.1 Å². The summed E-state index contributed by atoms with van der Waals surface area (Å²) < 4.78 is 17.7. The van der Waals surface area contributed by atoms with E-state index < -0.39 is 11.8 Å². The number of hydrogen-bond donors (Lipinski definition) is 1. The topological polar surface area (TPSA) is 62.1 Å². The molecule has 0 aromatic heterocycles. The fourth-order valence-corrected chi connectivity index (χ4v) is 1.27. The van der Waals surface area contributed by atoms with Crippen LogP contribution in [0.5, 0.6) is 0 Å². The van der Waals surface area contributed by atoms with E-state index in [2.05, 4.69) is 11.9 Å². The second-order valence-corrected chi connectivity index (χ2v) is 3.48. The molecule has 0 aliphatic heterocycles. The summed E-state index contributed by atoms with van der Waals surface area (Å²) in [7, 11) is 0. The molecule has 0 atom stereocenters. The number of anilines is 1. The highest BCUT2D eigenvalue weighted by molar-refractivity contribution is 5.88. The third-order valence-electron chi connectivity index (χ3n) is 2.16. The van der Waals surface area contributed by atoms with Crippen LogP contribution in [0.25, 0.3) is 0 Å². The molecule has 0 spiro atoms. The lowest BCUT2D eigenvalue weighted by molar-refractivity contribution is -0.138. The Morgan fingerprint density at radius 1 is 1.61 bits per heavy atom. The largest absolute Gasteiger partial charge is 0.463 e. The summed E-state index contributed by atoms with van der Waals surface area (Å²) in [5.74, 6) is -0.980. The number of ether oxygens (including phenoxy) is 1. The fraction of sp³-hybridized carbons (Fsp3) is 0.231. The molecule has 5 heteroatoms. The second-order valence-electron chi connectivity index (χ2n) is 3.48. The molecule has 1 aromatic rings. The van der Waals surface area contributed by atoms with Crippen LogP contribution >= 0.6 is 0 Å². The van der Waals surface area contributed by atoms with E-state index in [1.165, 1.54) is 12.1 Å². The van der Waals surface area contributed by atoms with E-state index in [1.807, 2.05) is 6.07 Å². The third kappa shape index (κ3) is 3.59. The van der Waals surface area contributed by atoms with Crippen molar-refractivity contribution in [1.82, 2.24) is 0 Å². The van der Waals surface area contributed by atoms with E-state index in [-0.39, 0.29) is 24.3 Å². The average Bonchev–Trinajstić information content (AvgIpc) is 2.37. The molecule has 0 aliphatic rings. The van der Waals surface area contributed by atoms with Gasteiger partial charge in [-0.05, 0) is 25.1 Å². The van der Waals surface area contributed by atoms with Crippen molar-refractivity contribution in [3.8, 4) is 6.07 Å². The molecule has 0 heterocycles. The van der Waals surface area contributed by atoms with Crippen LogP contribution in [-0.2, 0) is 9.53 Å². The van der Waals surface area contributed by atoms with Crippen molar-refractivity contribution in [2.45, 2.75) is 6.92 Å². The normalized spacial score (nSPS) is 9.39. The molecule has 0 saturated heterocycles. The summed E-state index contributed by atoms with van der Waals surface area (Å²) in [6, 6.07) is 5.66. The maximum Gasteiger partial charge on any atom is 0.335 e. The first-order valence-electron chi connectivity index (χ1n) is 5.37. The first-order chi connectivity index (χ1) is 8.58. The van der Waals surface area contributed by atoms with Crippen molar-refractivity contribution in [2.75, 3.05) is 18.5 Å². The van der Waals surface area contributed by atoms with Gasteiger partial charge in [-0.3, -0.25) is 0 Å². The molecule has 0 fully saturated rings. The molecular weight excluding hydrogens is 235 g/mol. The number of halogens is 1. The van der Waals surface area contributed by atoms with Crippen molar-refractivity contribution < 1.29 is 13.9 Å². The van der Waals surface area contributed by atoms with Crippen LogP contribution in [0.4, 0.5) is 10.1 Å². The van der Waals surface area contributed by atoms with Crippen molar-refractivity contribution in [3.63, 3.8) is 0 Å². The molecule has 94 valence electrons. The monoisotopic (exact) mass is 248 g/mol. The first kappa shape index (κ1) is 13.7. The van der Waals surface area contributed by atoms with E-state index in [0.29, 0.717) is 5.69 Å². The highest BCUT2D eigenvalue weighted by Crippen LogP contribution is 2.16. The highest BCUT2D eigenvalue weighted by atomic mass is 19.1. The summed E-state index contributed by atoms with van der Waals surface area (Å²) >= 11 is 0. The van der Waals surface area contributed by atoms with Gasteiger partial charge in [0.15, 0.2) is 0 Å². The van der Waals surface area contributed by atoms with Crippen LogP contribution in [0.15, 0.2) is 30.4 Å². The van der Waals surface area contributed by atoms with Crippen LogP contribution < -0.4 is 5.32 Å². The number of carbonyl (C=O) groups excluding carboxylic acids is 1. The van der Waals surface area contributed by atoms with Gasteiger partial charge in [-0.1, -0.05) is 6.58 Å². The molecule has 4 nitrogen and oxygen atoms in total. The number of esters is 1. The van der Waals surface area contributed by atoms with Crippen molar-refractivity contribution in [1.29, 1.82) is 5.26 Å². The summed E-state index contributed by atoms with van der Waals surface area (Å²) in [6.07, 6.45) is 0. The number of hydrogen-bond acceptors (Lipinski definition) is 4. The number of benzene rings is 1. The van der Waals surface area contributed by atoms with Gasteiger partial charge in [0.2, 0.25) is 0 Å². The Kier molecular flexibility index (Phi) is 4.88. The van der Waals surface area contributed by atoms with Gasteiger partial charge in [-0.2, -0.15) is 5.26 Å². The minimum atomic E-state index is -0.495. The lowest BCUT2D eigenvalue weighted by Crippen LogP contribution is -2.15. The van der Waals surface area contributed by atoms with Crippen LogP contribution in [0.2, 0.25) is 0 Å². The number of rotatable bonds is 5. The minimum Gasteiger partial charge on any atom is -0.463 e. The Morgan fingerprint density at radius 2 is 2.33 bits per heavy atom. The van der Waals surface area contributed by atoms with Gasteiger partial charge in [0.05, 0.1) is 17.9 Å². The number of nitrogens with zero attached hydrogens (tertiary/aromatic N) is 1. The fourth-order valence-electron chi connectivity index (χ4n) is 1.27. The Morgan fingerprint density at radius 3 is 2.94 bits per heavy atom. The maximum atomic E-state index is 12.9. The summed E-state index contributed by atoms with van der Waals surface area (Å²) in [5, 5.41) is 11.7. The third-order valence-corrected chi connectivity index (χ3v) is 2.16. The van der Waals surface area contributed by atoms with E-state index in [1.54, 1.807) is 6.92 Å². The molecule has 0 saturated carbocycles. The predicted molar refractivity (Wildman–Crippen MR) is 65.4 cm³/mol. The summed E-state index contributed by atoms with van der Waals surface area (Å²) in [6.45, 7) is 5.68. The summed E-state index contributed by atoms with van der Waals surface area (Å²) in [4.78, 5) is 11.3. The SMILES string of the molecule is C=C(CNc1ccc(F)cc1C#N)C(=O)OCC. The molecule has 0 radical (unpaired) electrons. The number of nitrogens with one attached hydrogen (secondary N) is 1. The lowest BCUT2D eigenvalue weighted by Gasteiger charge is -2.09. The predicted octanol–water partition coefficient (Wildman–Crippen LogP) is 2.23. The van der Waals surface area contributed by atoms with Gasteiger partial charge in [0.25, 0.3) is 0 Å². The zero-order valence-electron chi connectivity index (χ0n) is 10.00. The number of nitriles is 1. The maximum absolute atomic E-state index is 12.9. The molecule has 0 amide bonds. The Balaban J connectivity index is 2.67. The molecule has 1 rings (SSSR count). The van der Waals surface area contributed by atoms with Crippen LogP contribution in [0.1, 0.15) is 12.5 Å². The lowest BCUT2D eigenvalue weighted by atomic mass is 10.2. The summed E-state index contributed by atoms with van der Waals surface area (Å²) in [5.41, 5.74) is 0.862. The van der Waals surface area contributed by atoms with Gasteiger partial charge < -0.3 is 10.1 Å². The quantitative estimate of drug-likeness (QED) is 0.641. The molecule has 1 N–H and O–H groups in total. The van der Waals surface area contributed by atoms with Gasteiger partial charge >= 0.3 is 5.97 Å². The Hall–Kier alpha value is -2.35. The Labute approximate surface area is 105 Å². The molecule has 0 aliphatic carbocycles. The van der Waals surface area contributed by atoms with Gasteiger partial charge in [0, 0.05) is 12.1 Å². The number of carbonyl (C=O) groups is 1. The van der Waals surface area contributed by atoms with Crippen molar-refractivity contribution in [2.24, 2.45) is 0 Å². The van der Waals surface area contributed by atoms with Gasteiger partial charge in [-0.25, -0.2) is 9.18 Å². The van der Waals surface area contributed by atoms with Crippen molar-refractivity contribution >= 4 is 11.7 Å². The zero-order valence-corrected chi connectivity index (χ0v) is 10.00. The first-order valence-corrected chi connectivity index (χ1v) is 5.37. The molecular formula is C13H13FN2O2. The second kappa shape index (κ2) is 6.40. The van der Waals surface area contributed by atoms with Crippen LogP contribution in [0.3, 0.4) is 0 Å². The Bertz CT molecular complexity index is 506. The van der Waals surface area contributed by atoms with Crippen molar-refractivity contribution in [3.05, 3.63) is 41.7 Å². The van der Waals surface area contributed by atoms with Crippen LogP contribution in [0, 0.1) is 17.1 Å². The highest BCUT2D eigenvalue weighted by Gasteiger charge is 2.09. The molecule has 1 aromatic carbocycles. The standard InChI is InChI=1S/C13H13FN2O2/c1-3-18-13(17)9(2)8-16-12-5-4-11(14)6-10(12)7-15/h4-6,16H,2-3,8H2,1H3. The molecule has 0 bridgehead atoms. The average molecular weight is 248 g/mol. The van der Waals surface area contributed by atoms with E-state index in [4.69, 9.17) is 10.00 Å². The minimum absolute atomic E-state index is 0.138. The van der Waals surface area contributed by atoms with Gasteiger partial charge in [0.1, 0.15) is 11.9 Å².